The molecular weight excluding hydrogens is 550 g/mol. The first-order valence-corrected chi connectivity index (χ1v) is 15.7. The highest BCUT2D eigenvalue weighted by Gasteiger charge is 2.29. The lowest BCUT2D eigenvalue weighted by molar-refractivity contribution is 0.102. The minimum Gasteiger partial charge on any atom is -0.334 e. The maximum Gasteiger partial charge on any atom is 0.263 e. The Morgan fingerprint density at radius 2 is 1.93 bits per heavy atom. The highest BCUT2D eigenvalue weighted by Crippen LogP contribution is 2.42. The second-order valence-electron chi connectivity index (χ2n) is 12.8. The Morgan fingerprint density at radius 3 is 2.64 bits per heavy atom. The number of hydrogen-bond acceptors (Lipinski definition) is 6. The van der Waals surface area contributed by atoms with Crippen molar-refractivity contribution in [3.05, 3.63) is 87.7 Å². The molecular formula is C35H37N7O2. The van der Waals surface area contributed by atoms with Crippen molar-refractivity contribution in [2.45, 2.75) is 64.0 Å². The number of imidazole rings is 1. The number of rotatable bonds is 8. The van der Waals surface area contributed by atoms with Crippen LogP contribution in [0.5, 0.6) is 0 Å². The zero-order chi connectivity index (χ0) is 30.4. The molecule has 9 nitrogen and oxygen atoms in total. The number of nitrogens with zero attached hydrogens (tertiary/aromatic N) is 6. The van der Waals surface area contributed by atoms with Crippen molar-refractivity contribution in [3.63, 3.8) is 0 Å². The summed E-state index contributed by atoms with van der Waals surface area (Å²) in [5.74, 6) is 1.70. The van der Waals surface area contributed by atoms with Gasteiger partial charge in [-0.25, -0.2) is 9.97 Å². The van der Waals surface area contributed by atoms with Crippen LogP contribution in [0.1, 0.15) is 84.6 Å². The topological polar surface area (TPSA) is 109 Å². The summed E-state index contributed by atoms with van der Waals surface area (Å²) in [5.41, 5.74) is 4.96. The van der Waals surface area contributed by atoms with Crippen LogP contribution >= 0.6 is 0 Å². The zero-order valence-electron chi connectivity index (χ0n) is 25.3. The molecule has 1 aromatic carbocycles. The Bertz CT molecular complexity index is 1840. The molecule has 0 unspecified atom stereocenters. The molecule has 1 N–H and O–H groups in total. The molecule has 1 saturated heterocycles. The number of nitriles is 1. The lowest BCUT2D eigenvalue weighted by Gasteiger charge is -2.31. The largest absolute Gasteiger partial charge is 0.334 e. The number of hydrogen-bond donors (Lipinski definition) is 1. The summed E-state index contributed by atoms with van der Waals surface area (Å²) in [7, 11) is 1.92. The van der Waals surface area contributed by atoms with Crippen molar-refractivity contribution in [3.8, 4) is 28.6 Å². The lowest BCUT2D eigenvalue weighted by atomic mass is 9.96. The van der Waals surface area contributed by atoms with Gasteiger partial charge in [0.05, 0.1) is 11.6 Å². The smallest absolute Gasteiger partial charge is 0.263 e. The third-order valence-corrected chi connectivity index (χ3v) is 9.04. The van der Waals surface area contributed by atoms with Crippen molar-refractivity contribution in [2.75, 3.05) is 18.4 Å². The molecule has 4 aromatic rings. The maximum atomic E-state index is 13.8. The van der Waals surface area contributed by atoms with Crippen LogP contribution in [0.2, 0.25) is 0 Å². The standard InChI is InChI=1S/C35H37N7O2/c1-22-4-3-12-41(19-22)20-24-15-30(35(44)42(21-24)27-8-9-27)34(43)39-32-17-26(16-31(38-32)25-6-7-25)28-10-5-23(18-36)14-29(28)33-37-11-13-40(33)2/h5,10-11,13-17,21-22,25,27H,3-4,6-9,12,19-20H2,1-2H3,(H,38,39,43)/t22-/m0/s1. The van der Waals surface area contributed by atoms with Gasteiger partial charge in [-0.1, -0.05) is 13.0 Å². The van der Waals surface area contributed by atoms with E-state index in [0.29, 0.717) is 23.2 Å². The number of amides is 1. The van der Waals surface area contributed by atoms with Gasteiger partial charge in [0.15, 0.2) is 0 Å². The van der Waals surface area contributed by atoms with Crippen LogP contribution in [0.15, 0.2) is 59.8 Å². The van der Waals surface area contributed by atoms with Crippen LogP contribution in [-0.2, 0) is 13.6 Å². The molecule has 2 saturated carbocycles. The first kappa shape index (κ1) is 28.2. The number of anilines is 1. The summed E-state index contributed by atoms with van der Waals surface area (Å²) in [6, 6.07) is 13.7. The van der Waals surface area contributed by atoms with Crippen molar-refractivity contribution in [2.24, 2.45) is 13.0 Å². The minimum atomic E-state index is -0.436. The normalized spacial score (nSPS) is 18.6. The van der Waals surface area contributed by atoms with Crippen LogP contribution in [0.3, 0.4) is 0 Å². The van der Waals surface area contributed by atoms with E-state index in [1.54, 1.807) is 22.9 Å². The van der Waals surface area contributed by atoms with Gasteiger partial charge < -0.3 is 14.5 Å². The average molecular weight is 588 g/mol. The number of nitrogens with one attached hydrogen (secondary N) is 1. The minimum absolute atomic E-state index is 0.159. The van der Waals surface area contributed by atoms with Gasteiger partial charge in [-0.2, -0.15) is 5.26 Å². The zero-order valence-corrected chi connectivity index (χ0v) is 25.3. The van der Waals surface area contributed by atoms with E-state index < -0.39 is 5.91 Å². The van der Waals surface area contributed by atoms with Crippen LogP contribution in [0, 0.1) is 17.2 Å². The summed E-state index contributed by atoms with van der Waals surface area (Å²) in [5, 5.41) is 12.6. The lowest BCUT2D eigenvalue weighted by Crippen LogP contribution is -2.35. The SMILES string of the molecule is C[C@H]1CCCN(Cc2cc(C(=O)Nc3cc(-c4ccc(C#N)cc4-c4nccn4C)cc(C4CC4)n3)c(=O)n(C3CC3)c2)C1. The number of benzene rings is 1. The number of carbonyl (C=O) groups is 1. The molecule has 44 heavy (non-hydrogen) atoms. The molecule has 1 atom stereocenters. The number of piperidine rings is 1. The summed E-state index contributed by atoms with van der Waals surface area (Å²) < 4.78 is 3.70. The molecule has 3 aliphatic rings. The van der Waals surface area contributed by atoms with E-state index in [0.717, 1.165) is 79.1 Å². The number of aromatic nitrogens is 4. The monoisotopic (exact) mass is 587 g/mol. The van der Waals surface area contributed by atoms with Gasteiger partial charge >= 0.3 is 0 Å². The van der Waals surface area contributed by atoms with Crippen molar-refractivity contribution < 1.29 is 4.79 Å². The van der Waals surface area contributed by atoms with Gasteiger partial charge in [0, 0.05) is 61.9 Å². The van der Waals surface area contributed by atoms with Gasteiger partial charge in [0.1, 0.15) is 17.2 Å². The predicted octanol–water partition coefficient (Wildman–Crippen LogP) is 5.88. The molecule has 1 amide bonds. The second-order valence-corrected chi connectivity index (χ2v) is 12.8. The van der Waals surface area contributed by atoms with Gasteiger partial charge in [-0.05, 0) is 98.0 Å². The molecule has 0 radical (unpaired) electrons. The van der Waals surface area contributed by atoms with Crippen LogP contribution in [0.25, 0.3) is 22.5 Å². The van der Waals surface area contributed by atoms with Crippen LogP contribution in [-0.4, -0.2) is 43.0 Å². The highest BCUT2D eigenvalue weighted by molar-refractivity contribution is 6.04. The van der Waals surface area contributed by atoms with Gasteiger partial charge in [-0.15, -0.1) is 0 Å². The molecule has 0 bridgehead atoms. The second kappa shape index (κ2) is 11.5. The Hall–Kier alpha value is -4.55. The molecule has 4 heterocycles. The maximum absolute atomic E-state index is 13.8. The van der Waals surface area contributed by atoms with E-state index in [2.05, 4.69) is 34.3 Å². The highest BCUT2D eigenvalue weighted by atomic mass is 16.2. The molecule has 3 fully saturated rings. The van der Waals surface area contributed by atoms with Gasteiger partial charge in [0.2, 0.25) is 0 Å². The molecule has 0 spiro atoms. The van der Waals surface area contributed by atoms with E-state index in [1.165, 1.54) is 12.8 Å². The fourth-order valence-electron chi connectivity index (χ4n) is 6.44. The number of carbonyl (C=O) groups excluding carboxylic acids is 1. The molecule has 9 heteroatoms. The Labute approximate surface area is 257 Å². The fourth-order valence-corrected chi connectivity index (χ4v) is 6.44. The average Bonchev–Trinajstić information content (AvgIpc) is 3.95. The first-order valence-electron chi connectivity index (χ1n) is 15.7. The number of likely N-dealkylation sites (tertiary alicyclic amines) is 1. The van der Waals surface area contributed by atoms with Gasteiger partial charge in [-0.3, -0.25) is 14.5 Å². The van der Waals surface area contributed by atoms with Crippen molar-refractivity contribution in [1.29, 1.82) is 5.26 Å². The summed E-state index contributed by atoms with van der Waals surface area (Å²) in [4.78, 5) is 39.2. The van der Waals surface area contributed by atoms with E-state index in [9.17, 15) is 14.9 Å². The Balaban J connectivity index is 1.24. The van der Waals surface area contributed by atoms with E-state index in [1.807, 2.05) is 42.2 Å². The molecule has 3 aromatic heterocycles. The fraction of sp³-hybridized carbons (Fsp3) is 0.400. The van der Waals surface area contributed by atoms with E-state index in [4.69, 9.17) is 4.98 Å². The van der Waals surface area contributed by atoms with Crippen molar-refractivity contribution >= 4 is 11.7 Å². The predicted molar refractivity (Wildman–Crippen MR) is 169 cm³/mol. The quantitative estimate of drug-likeness (QED) is 0.276. The third-order valence-electron chi connectivity index (χ3n) is 9.04. The molecule has 7 rings (SSSR count). The van der Waals surface area contributed by atoms with E-state index in [-0.39, 0.29) is 17.2 Å². The third kappa shape index (κ3) is 5.82. The molecule has 224 valence electrons. The summed E-state index contributed by atoms with van der Waals surface area (Å²) in [6.45, 7) is 5.07. The van der Waals surface area contributed by atoms with E-state index >= 15 is 0 Å². The summed E-state index contributed by atoms with van der Waals surface area (Å²) >= 11 is 0. The Morgan fingerprint density at radius 1 is 1.09 bits per heavy atom. The molecule has 2 aliphatic carbocycles. The number of aryl methyl sites for hydroxylation is 1. The molecule has 1 aliphatic heterocycles. The number of pyridine rings is 2. The van der Waals surface area contributed by atoms with Crippen molar-refractivity contribution in [1.82, 2.24) is 24.0 Å². The van der Waals surface area contributed by atoms with Crippen LogP contribution < -0.4 is 10.9 Å². The van der Waals surface area contributed by atoms with Gasteiger partial charge in [0.25, 0.3) is 11.5 Å². The first-order chi connectivity index (χ1) is 21.4. The summed E-state index contributed by atoms with van der Waals surface area (Å²) in [6.07, 6.45) is 12.0. The van der Waals surface area contributed by atoms with Crippen LogP contribution in [0.4, 0.5) is 5.82 Å². The Kier molecular flexibility index (Phi) is 7.39.